The second-order valence-corrected chi connectivity index (χ2v) is 7.84. The molecule has 1 aliphatic rings. The van der Waals surface area contributed by atoms with Crippen LogP contribution in [0.5, 0.6) is 0 Å². The van der Waals surface area contributed by atoms with Gasteiger partial charge >= 0.3 is 0 Å². The molecule has 0 spiro atoms. The number of benzene rings is 2. The molecule has 1 aliphatic heterocycles. The van der Waals surface area contributed by atoms with Gasteiger partial charge in [0.25, 0.3) is 15.7 Å². The van der Waals surface area contributed by atoms with E-state index in [-0.39, 0.29) is 16.6 Å². The molecule has 0 radical (unpaired) electrons. The summed E-state index contributed by atoms with van der Waals surface area (Å²) in [6.45, 7) is 3.45. The summed E-state index contributed by atoms with van der Waals surface area (Å²) in [6, 6.07) is 11.2. The second kappa shape index (κ2) is 5.90. The van der Waals surface area contributed by atoms with E-state index in [0.29, 0.717) is 17.7 Å². The number of rotatable bonds is 3. The largest absolute Gasteiger partial charge is 0.273 e. The van der Waals surface area contributed by atoms with Crippen molar-refractivity contribution in [3.8, 4) is 0 Å². The molecule has 3 rings (SSSR count). The maximum atomic E-state index is 13.1. The van der Waals surface area contributed by atoms with Gasteiger partial charge in [-0.25, -0.2) is 8.42 Å². The lowest BCUT2D eigenvalue weighted by molar-refractivity contribution is -0.385. The van der Waals surface area contributed by atoms with E-state index < -0.39 is 14.9 Å². The lowest BCUT2D eigenvalue weighted by Gasteiger charge is -2.35. The molecule has 0 N–H and O–H groups in total. The van der Waals surface area contributed by atoms with E-state index in [9.17, 15) is 18.5 Å². The van der Waals surface area contributed by atoms with Crippen molar-refractivity contribution in [2.24, 2.45) is 0 Å². The number of nitro benzene ring substituents is 1. The number of sulfonamides is 1. The minimum Gasteiger partial charge on any atom is -0.263 e. The Balaban J connectivity index is 2.15. The van der Waals surface area contributed by atoms with Gasteiger partial charge in [0.2, 0.25) is 0 Å². The van der Waals surface area contributed by atoms with Crippen molar-refractivity contribution in [3.05, 3.63) is 63.7 Å². The number of hydrogen-bond donors (Lipinski definition) is 0. The van der Waals surface area contributed by atoms with Crippen molar-refractivity contribution in [3.63, 3.8) is 0 Å². The first-order valence-electron chi connectivity index (χ1n) is 7.70. The molecule has 0 saturated carbocycles. The number of aryl methyl sites for hydroxylation is 2. The number of hydrogen-bond acceptors (Lipinski definition) is 4. The number of nitro groups is 1. The first-order valence-corrected chi connectivity index (χ1v) is 9.14. The third kappa shape index (κ3) is 2.65. The molecule has 0 aliphatic carbocycles. The molecule has 0 unspecified atom stereocenters. The van der Waals surface area contributed by atoms with E-state index in [2.05, 4.69) is 0 Å². The van der Waals surface area contributed by atoms with Gasteiger partial charge in [-0.1, -0.05) is 24.3 Å². The van der Waals surface area contributed by atoms with Crippen LogP contribution in [0, 0.1) is 17.0 Å². The molecule has 6 nitrogen and oxygen atoms in total. The van der Waals surface area contributed by atoms with Gasteiger partial charge in [-0.15, -0.1) is 0 Å². The van der Waals surface area contributed by atoms with Gasteiger partial charge in [0.1, 0.15) is 0 Å². The van der Waals surface area contributed by atoms with E-state index in [1.165, 1.54) is 16.4 Å². The predicted molar refractivity (Wildman–Crippen MR) is 91.7 cm³/mol. The summed E-state index contributed by atoms with van der Waals surface area (Å²) in [7, 11) is -3.87. The summed E-state index contributed by atoms with van der Waals surface area (Å²) in [5, 5.41) is 11.1. The Kier molecular flexibility index (Phi) is 4.04. The molecule has 0 aromatic heterocycles. The van der Waals surface area contributed by atoms with E-state index in [4.69, 9.17) is 0 Å². The smallest absolute Gasteiger partial charge is 0.263 e. The van der Waals surface area contributed by atoms with Gasteiger partial charge in [0.05, 0.1) is 15.5 Å². The quantitative estimate of drug-likeness (QED) is 0.630. The Bertz CT molecular complexity index is 909. The molecule has 0 fully saturated rings. The molecule has 1 heterocycles. The average molecular weight is 346 g/mol. The van der Waals surface area contributed by atoms with Crippen LogP contribution in [0.1, 0.15) is 24.5 Å². The highest BCUT2D eigenvalue weighted by atomic mass is 32.2. The zero-order valence-corrected chi connectivity index (χ0v) is 14.3. The van der Waals surface area contributed by atoms with Gasteiger partial charge < -0.3 is 0 Å². The average Bonchev–Trinajstić information content (AvgIpc) is 2.54. The Morgan fingerprint density at radius 3 is 2.62 bits per heavy atom. The number of fused-ring (bicyclic) bond motifs is 1. The molecule has 0 bridgehead atoms. The Morgan fingerprint density at radius 1 is 1.21 bits per heavy atom. The van der Waals surface area contributed by atoms with Crippen LogP contribution < -0.4 is 4.31 Å². The summed E-state index contributed by atoms with van der Waals surface area (Å²) < 4.78 is 27.7. The molecular formula is C17H18N2O4S. The second-order valence-electron chi connectivity index (χ2n) is 6.02. The van der Waals surface area contributed by atoms with E-state index in [0.717, 1.165) is 18.1 Å². The Morgan fingerprint density at radius 2 is 1.92 bits per heavy atom. The SMILES string of the molecule is Cc1ccc(S(=O)(=O)N2c3ccccc3CC[C@H]2C)cc1[N+](=O)[O-]. The fourth-order valence-corrected chi connectivity index (χ4v) is 4.83. The molecule has 126 valence electrons. The van der Waals surface area contributed by atoms with Crippen molar-refractivity contribution in [1.29, 1.82) is 0 Å². The van der Waals surface area contributed by atoms with Crippen molar-refractivity contribution >= 4 is 21.4 Å². The van der Waals surface area contributed by atoms with Crippen LogP contribution in [0.2, 0.25) is 0 Å². The molecule has 0 saturated heterocycles. The van der Waals surface area contributed by atoms with Crippen molar-refractivity contribution in [2.75, 3.05) is 4.31 Å². The summed E-state index contributed by atoms with van der Waals surface area (Å²) in [5.41, 5.74) is 1.88. The maximum absolute atomic E-state index is 13.1. The van der Waals surface area contributed by atoms with Crippen LogP contribution in [0.3, 0.4) is 0 Å². The fraction of sp³-hybridized carbons (Fsp3) is 0.294. The highest BCUT2D eigenvalue weighted by molar-refractivity contribution is 7.92. The Hall–Kier alpha value is -2.41. The van der Waals surface area contributed by atoms with Crippen LogP contribution in [-0.4, -0.2) is 19.4 Å². The van der Waals surface area contributed by atoms with E-state index in [1.807, 2.05) is 19.1 Å². The minimum atomic E-state index is -3.87. The van der Waals surface area contributed by atoms with E-state index in [1.54, 1.807) is 19.1 Å². The summed E-state index contributed by atoms with van der Waals surface area (Å²) >= 11 is 0. The number of nitrogens with zero attached hydrogens (tertiary/aromatic N) is 2. The van der Waals surface area contributed by atoms with Crippen molar-refractivity contribution in [1.82, 2.24) is 0 Å². The number of para-hydroxylation sites is 1. The normalized spacial score (nSPS) is 17.4. The van der Waals surface area contributed by atoms with Crippen LogP contribution in [0.15, 0.2) is 47.4 Å². The molecule has 2 aromatic carbocycles. The molecular weight excluding hydrogens is 328 g/mol. The summed E-state index contributed by atoms with van der Waals surface area (Å²) in [4.78, 5) is 10.5. The molecule has 24 heavy (non-hydrogen) atoms. The number of anilines is 1. The van der Waals surface area contributed by atoms with Crippen LogP contribution in [0.4, 0.5) is 11.4 Å². The standard InChI is InChI=1S/C17H18N2O4S/c1-12-7-10-15(11-17(12)19(20)21)24(22,23)18-13(2)8-9-14-5-3-4-6-16(14)18/h3-7,10-11,13H,8-9H2,1-2H3/t13-/m1/s1. The third-order valence-corrected chi connectivity index (χ3v) is 6.32. The highest BCUT2D eigenvalue weighted by Gasteiger charge is 2.34. The van der Waals surface area contributed by atoms with Crippen molar-refractivity contribution < 1.29 is 13.3 Å². The first-order chi connectivity index (χ1) is 11.3. The minimum absolute atomic E-state index is 0.0525. The fourth-order valence-electron chi connectivity index (χ4n) is 3.08. The van der Waals surface area contributed by atoms with Gasteiger partial charge in [-0.2, -0.15) is 0 Å². The zero-order chi connectivity index (χ0) is 17.5. The molecule has 2 aromatic rings. The van der Waals surface area contributed by atoms with E-state index >= 15 is 0 Å². The van der Waals surface area contributed by atoms with Gasteiger partial charge in [-0.05, 0) is 44.4 Å². The van der Waals surface area contributed by atoms with Gasteiger partial charge in [0.15, 0.2) is 0 Å². The van der Waals surface area contributed by atoms with Gasteiger partial charge in [0, 0.05) is 17.7 Å². The highest BCUT2D eigenvalue weighted by Crippen LogP contribution is 2.36. The lowest BCUT2D eigenvalue weighted by atomic mass is 9.99. The first kappa shape index (κ1) is 16.4. The maximum Gasteiger partial charge on any atom is 0.273 e. The van der Waals surface area contributed by atoms with Crippen LogP contribution in [-0.2, 0) is 16.4 Å². The molecule has 7 heteroatoms. The van der Waals surface area contributed by atoms with Gasteiger partial charge in [-0.3, -0.25) is 14.4 Å². The monoisotopic (exact) mass is 346 g/mol. The zero-order valence-electron chi connectivity index (χ0n) is 13.5. The third-order valence-electron chi connectivity index (χ3n) is 4.39. The predicted octanol–water partition coefficient (Wildman–Crippen LogP) is 3.43. The molecule has 1 atom stereocenters. The van der Waals surface area contributed by atoms with Crippen LogP contribution >= 0.6 is 0 Å². The Labute approximate surface area is 140 Å². The summed E-state index contributed by atoms with van der Waals surface area (Å²) in [5.74, 6) is 0. The van der Waals surface area contributed by atoms with Crippen LogP contribution in [0.25, 0.3) is 0 Å². The van der Waals surface area contributed by atoms with Crippen molar-refractivity contribution in [2.45, 2.75) is 37.6 Å². The lowest BCUT2D eigenvalue weighted by Crippen LogP contribution is -2.42. The topological polar surface area (TPSA) is 80.5 Å². The summed E-state index contributed by atoms with van der Waals surface area (Å²) in [6.07, 6.45) is 1.53. The molecule has 0 amide bonds.